The summed E-state index contributed by atoms with van der Waals surface area (Å²) < 4.78 is 8.97. The topological polar surface area (TPSA) is 47.4 Å². The molecule has 2 atom stereocenters. The Balaban J connectivity index is 1.66. The highest BCUT2D eigenvalue weighted by Gasteiger charge is 2.26. The molecule has 1 aromatic heterocycles. The van der Waals surface area contributed by atoms with Crippen LogP contribution in [0.5, 0.6) is 0 Å². The molecule has 3 rings (SSSR count). The van der Waals surface area contributed by atoms with Gasteiger partial charge in [0.2, 0.25) is 5.91 Å². The lowest BCUT2D eigenvalue weighted by molar-refractivity contribution is -0.140. The summed E-state index contributed by atoms with van der Waals surface area (Å²) in [7, 11) is 0. The Kier molecular flexibility index (Phi) is 5.93. The molecule has 0 N–H and O–H groups in total. The van der Waals surface area contributed by atoms with Crippen LogP contribution in [0.25, 0.3) is 5.69 Å². The fraction of sp³-hybridized carbons (Fsp3) is 0.471. The molecule has 0 radical (unpaired) electrons. The van der Waals surface area contributed by atoms with Crippen LogP contribution in [-0.4, -0.2) is 51.6 Å². The average Bonchev–Trinajstić information content (AvgIpc) is 2.93. The number of para-hydroxylation sites is 1. The zero-order chi connectivity index (χ0) is 18.0. The summed E-state index contributed by atoms with van der Waals surface area (Å²) in [6.45, 7) is 7.33. The molecule has 2 heterocycles. The molecule has 5 nitrogen and oxygen atoms in total. The molecule has 1 aliphatic heterocycles. The van der Waals surface area contributed by atoms with Gasteiger partial charge in [-0.15, -0.1) is 5.10 Å². The van der Waals surface area contributed by atoms with Crippen molar-refractivity contribution in [3.05, 3.63) is 33.8 Å². The number of ether oxygens (including phenoxy) is 1. The standard InChI is InChI=1S/C17H21N3O2S3/c1-11-6-4-5-7-14(11)20-17(23)25-16(18-20)24-10-15(21)19-8-12(2)22-13(3)9-19/h4-7,12-13H,8-10H2,1-3H3/t12-,13-/m1/s1. The molecular weight excluding hydrogens is 374 g/mol. The molecule has 25 heavy (non-hydrogen) atoms. The molecule has 1 amide bonds. The number of thioether (sulfide) groups is 1. The van der Waals surface area contributed by atoms with Crippen molar-refractivity contribution in [2.45, 2.75) is 37.3 Å². The lowest BCUT2D eigenvalue weighted by atomic mass is 10.2. The molecule has 1 saturated heterocycles. The summed E-state index contributed by atoms with van der Waals surface area (Å²) in [5.74, 6) is 0.491. The number of amides is 1. The van der Waals surface area contributed by atoms with Crippen LogP contribution < -0.4 is 0 Å². The molecule has 8 heteroatoms. The van der Waals surface area contributed by atoms with E-state index in [0.29, 0.717) is 22.8 Å². The number of benzene rings is 1. The number of hydrogen-bond acceptors (Lipinski definition) is 6. The minimum absolute atomic E-state index is 0.0834. The predicted molar refractivity (Wildman–Crippen MR) is 104 cm³/mol. The number of aromatic nitrogens is 2. The average molecular weight is 396 g/mol. The van der Waals surface area contributed by atoms with Crippen LogP contribution in [0, 0.1) is 10.9 Å². The zero-order valence-corrected chi connectivity index (χ0v) is 16.9. The smallest absolute Gasteiger partial charge is 0.233 e. The molecule has 134 valence electrons. The van der Waals surface area contributed by atoms with Crippen molar-refractivity contribution in [3.8, 4) is 5.69 Å². The maximum absolute atomic E-state index is 12.5. The molecular formula is C17H21N3O2S3. The first-order chi connectivity index (χ1) is 11.9. The van der Waals surface area contributed by atoms with Crippen LogP contribution >= 0.6 is 35.3 Å². The second-order valence-electron chi connectivity index (χ2n) is 6.18. The number of morpholine rings is 1. The highest BCUT2D eigenvalue weighted by atomic mass is 32.2. The minimum atomic E-state index is 0.0834. The maximum atomic E-state index is 12.5. The Morgan fingerprint density at radius 2 is 2.04 bits per heavy atom. The Bertz CT molecular complexity index is 807. The van der Waals surface area contributed by atoms with Gasteiger partial charge in [0.25, 0.3) is 0 Å². The Morgan fingerprint density at radius 3 is 2.72 bits per heavy atom. The number of hydrogen-bond donors (Lipinski definition) is 0. The number of nitrogens with zero attached hydrogens (tertiary/aromatic N) is 3. The van der Waals surface area contributed by atoms with E-state index in [1.807, 2.05) is 49.9 Å². The molecule has 1 aliphatic rings. The van der Waals surface area contributed by atoms with Gasteiger partial charge in [0, 0.05) is 13.1 Å². The summed E-state index contributed by atoms with van der Waals surface area (Å²) >= 11 is 8.33. The van der Waals surface area contributed by atoms with Gasteiger partial charge in [-0.3, -0.25) is 4.79 Å². The second-order valence-corrected chi connectivity index (χ2v) is 9.02. The fourth-order valence-corrected chi connectivity index (χ4v) is 5.12. The monoisotopic (exact) mass is 395 g/mol. The van der Waals surface area contributed by atoms with Gasteiger partial charge < -0.3 is 9.64 Å². The Labute approximate surface area is 161 Å². The van der Waals surface area contributed by atoms with Crippen molar-refractivity contribution in [3.63, 3.8) is 0 Å². The Hall–Kier alpha value is -1.22. The first-order valence-electron chi connectivity index (χ1n) is 8.16. The van der Waals surface area contributed by atoms with Crippen molar-refractivity contribution in [2.75, 3.05) is 18.8 Å². The zero-order valence-electron chi connectivity index (χ0n) is 14.5. The SMILES string of the molecule is Cc1ccccc1-n1nc(SCC(=O)N2C[C@@H](C)O[C@H](C)C2)sc1=S. The summed E-state index contributed by atoms with van der Waals surface area (Å²) in [4.78, 5) is 14.4. The normalized spacial score (nSPS) is 20.7. The minimum Gasteiger partial charge on any atom is -0.372 e. The van der Waals surface area contributed by atoms with Gasteiger partial charge in [-0.05, 0) is 44.6 Å². The van der Waals surface area contributed by atoms with Gasteiger partial charge >= 0.3 is 0 Å². The third-order valence-electron chi connectivity index (χ3n) is 3.96. The third-order valence-corrected chi connectivity index (χ3v) is 6.31. The van der Waals surface area contributed by atoms with Crippen LogP contribution in [-0.2, 0) is 9.53 Å². The number of aryl methyl sites for hydroxylation is 1. The van der Waals surface area contributed by atoms with E-state index in [4.69, 9.17) is 17.0 Å². The van der Waals surface area contributed by atoms with Crippen LogP contribution in [0.15, 0.2) is 28.6 Å². The van der Waals surface area contributed by atoms with Crippen molar-refractivity contribution in [1.82, 2.24) is 14.7 Å². The fourth-order valence-electron chi connectivity index (χ4n) is 2.87. The maximum Gasteiger partial charge on any atom is 0.233 e. The van der Waals surface area contributed by atoms with Crippen LogP contribution in [0.2, 0.25) is 0 Å². The molecule has 0 aliphatic carbocycles. The summed E-state index contributed by atoms with van der Waals surface area (Å²) in [5.41, 5.74) is 2.10. The van der Waals surface area contributed by atoms with E-state index in [-0.39, 0.29) is 18.1 Å². The van der Waals surface area contributed by atoms with E-state index in [0.717, 1.165) is 15.6 Å². The van der Waals surface area contributed by atoms with Crippen LogP contribution in [0.4, 0.5) is 0 Å². The van der Waals surface area contributed by atoms with Crippen molar-refractivity contribution in [2.24, 2.45) is 0 Å². The van der Waals surface area contributed by atoms with E-state index in [2.05, 4.69) is 5.10 Å². The molecule has 0 spiro atoms. The molecule has 0 unspecified atom stereocenters. The first-order valence-corrected chi connectivity index (χ1v) is 10.4. The summed E-state index contributed by atoms with van der Waals surface area (Å²) in [5, 5.41) is 4.59. The summed E-state index contributed by atoms with van der Waals surface area (Å²) in [6, 6.07) is 8.00. The van der Waals surface area contributed by atoms with Crippen LogP contribution in [0.1, 0.15) is 19.4 Å². The van der Waals surface area contributed by atoms with E-state index in [1.165, 1.54) is 23.1 Å². The van der Waals surface area contributed by atoms with Gasteiger partial charge in [-0.25, -0.2) is 4.68 Å². The van der Waals surface area contributed by atoms with Gasteiger partial charge in [-0.1, -0.05) is 41.3 Å². The Morgan fingerprint density at radius 1 is 1.36 bits per heavy atom. The molecule has 0 saturated carbocycles. The van der Waals surface area contributed by atoms with Gasteiger partial charge in [0.1, 0.15) is 0 Å². The van der Waals surface area contributed by atoms with Crippen LogP contribution in [0.3, 0.4) is 0 Å². The largest absolute Gasteiger partial charge is 0.372 e. The van der Waals surface area contributed by atoms with Crippen molar-refractivity contribution < 1.29 is 9.53 Å². The highest BCUT2D eigenvalue weighted by Crippen LogP contribution is 2.25. The quantitative estimate of drug-likeness (QED) is 0.584. The van der Waals surface area contributed by atoms with E-state index in [9.17, 15) is 4.79 Å². The summed E-state index contributed by atoms with van der Waals surface area (Å²) in [6.07, 6.45) is 0.167. The lowest BCUT2D eigenvalue weighted by Gasteiger charge is -2.35. The molecule has 2 aromatic rings. The highest BCUT2D eigenvalue weighted by molar-refractivity contribution is 8.01. The number of carbonyl (C=O) groups is 1. The molecule has 0 bridgehead atoms. The van der Waals surface area contributed by atoms with E-state index in [1.54, 1.807) is 4.68 Å². The predicted octanol–water partition coefficient (Wildman–Crippen LogP) is 3.70. The molecule has 1 fully saturated rings. The van der Waals surface area contributed by atoms with Crippen molar-refractivity contribution in [1.29, 1.82) is 0 Å². The third kappa shape index (κ3) is 4.49. The second kappa shape index (κ2) is 7.99. The van der Waals surface area contributed by atoms with Gasteiger partial charge in [-0.2, -0.15) is 0 Å². The van der Waals surface area contributed by atoms with Gasteiger partial charge in [0.05, 0.1) is 23.6 Å². The lowest BCUT2D eigenvalue weighted by Crippen LogP contribution is -2.48. The number of rotatable bonds is 4. The van der Waals surface area contributed by atoms with Gasteiger partial charge in [0.15, 0.2) is 8.29 Å². The van der Waals surface area contributed by atoms with E-state index < -0.39 is 0 Å². The molecule has 1 aromatic carbocycles. The number of carbonyl (C=O) groups excluding carboxylic acids is 1. The first kappa shape index (κ1) is 18.6. The van der Waals surface area contributed by atoms with E-state index >= 15 is 0 Å². The van der Waals surface area contributed by atoms with Crippen molar-refractivity contribution >= 4 is 41.2 Å².